The molecule has 1 aromatic carbocycles. The van der Waals surface area contributed by atoms with Crippen LogP contribution in [0.25, 0.3) is 0 Å². The van der Waals surface area contributed by atoms with E-state index in [2.05, 4.69) is 10.0 Å². The molecule has 0 aliphatic heterocycles. The van der Waals surface area contributed by atoms with Crippen molar-refractivity contribution < 1.29 is 17.9 Å². The summed E-state index contributed by atoms with van der Waals surface area (Å²) in [5.74, 6) is 0.729. The van der Waals surface area contributed by atoms with Gasteiger partial charge in [-0.05, 0) is 24.1 Å². The summed E-state index contributed by atoms with van der Waals surface area (Å²) in [6.45, 7) is 2.43. The van der Waals surface area contributed by atoms with Crippen LogP contribution in [0.4, 0.5) is 0 Å². The molecule has 0 aliphatic rings. The van der Waals surface area contributed by atoms with E-state index in [-0.39, 0.29) is 31.2 Å². The summed E-state index contributed by atoms with van der Waals surface area (Å²) >= 11 is 0. The molecule has 2 N–H and O–H groups in total. The molecule has 124 valence electrons. The van der Waals surface area contributed by atoms with E-state index < -0.39 is 10.0 Å². The van der Waals surface area contributed by atoms with E-state index in [1.165, 1.54) is 0 Å². The van der Waals surface area contributed by atoms with Crippen LogP contribution in [0.5, 0.6) is 5.75 Å². The molecule has 0 saturated heterocycles. The fourth-order valence-corrected chi connectivity index (χ4v) is 3.03. The van der Waals surface area contributed by atoms with Crippen LogP contribution in [0.15, 0.2) is 24.3 Å². The minimum absolute atomic E-state index is 0.128. The summed E-state index contributed by atoms with van der Waals surface area (Å²) < 4.78 is 30.6. The third-order valence-electron chi connectivity index (χ3n) is 3.06. The lowest BCUT2D eigenvalue weighted by molar-refractivity contribution is -0.120. The number of ether oxygens (including phenoxy) is 1. The predicted molar refractivity (Wildman–Crippen MR) is 86.4 cm³/mol. The van der Waals surface area contributed by atoms with Gasteiger partial charge < -0.3 is 10.1 Å². The fraction of sp³-hybridized carbons (Fsp3) is 0.533. The highest BCUT2D eigenvalue weighted by Gasteiger charge is 2.08. The van der Waals surface area contributed by atoms with Crippen LogP contribution >= 0.6 is 0 Å². The topological polar surface area (TPSA) is 84.5 Å². The van der Waals surface area contributed by atoms with Crippen LogP contribution in [-0.2, 0) is 21.2 Å². The van der Waals surface area contributed by atoms with Gasteiger partial charge in [0.05, 0.1) is 19.3 Å². The monoisotopic (exact) mass is 328 g/mol. The summed E-state index contributed by atoms with van der Waals surface area (Å²) in [6, 6.07) is 7.24. The molecule has 0 spiro atoms. The van der Waals surface area contributed by atoms with Gasteiger partial charge in [0.25, 0.3) is 0 Å². The molecule has 1 rings (SSSR count). The number of methoxy groups -OCH3 is 1. The number of hydrogen-bond donors (Lipinski definition) is 2. The first kappa shape index (κ1) is 18.4. The lowest BCUT2D eigenvalue weighted by Crippen LogP contribution is -2.36. The van der Waals surface area contributed by atoms with E-state index in [1.54, 1.807) is 19.2 Å². The molecule has 0 saturated carbocycles. The zero-order valence-electron chi connectivity index (χ0n) is 13.1. The van der Waals surface area contributed by atoms with Crippen molar-refractivity contribution in [2.75, 3.05) is 26.0 Å². The first-order chi connectivity index (χ1) is 10.5. The Morgan fingerprint density at radius 1 is 1.18 bits per heavy atom. The fourth-order valence-electron chi connectivity index (χ4n) is 1.81. The van der Waals surface area contributed by atoms with E-state index in [1.807, 2.05) is 19.1 Å². The smallest absolute Gasteiger partial charge is 0.224 e. The zero-order valence-corrected chi connectivity index (χ0v) is 13.9. The second-order valence-electron chi connectivity index (χ2n) is 4.94. The van der Waals surface area contributed by atoms with E-state index in [0.717, 1.165) is 17.7 Å². The van der Waals surface area contributed by atoms with Crippen molar-refractivity contribution in [2.45, 2.75) is 26.2 Å². The summed E-state index contributed by atoms with van der Waals surface area (Å²) in [5, 5.41) is 2.69. The third kappa shape index (κ3) is 7.42. The molecule has 0 fully saturated rings. The summed E-state index contributed by atoms with van der Waals surface area (Å²) in [6.07, 6.45) is 1.73. The number of sulfonamides is 1. The van der Waals surface area contributed by atoms with Crippen LogP contribution in [0.2, 0.25) is 0 Å². The molecular formula is C15H24N2O4S. The number of benzene rings is 1. The summed E-state index contributed by atoms with van der Waals surface area (Å²) in [7, 11) is -1.64. The highest BCUT2D eigenvalue weighted by atomic mass is 32.2. The van der Waals surface area contributed by atoms with Crippen LogP contribution < -0.4 is 14.8 Å². The van der Waals surface area contributed by atoms with Crippen LogP contribution in [0, 0.1) is 0 Å². The molecule has 0 radical (unpaired) electrons. The van der Waals surface area contributed by atoms with Gasteiger partial charge in [-0.15, -0.1) is 0 Å². The normalized spacial score (nSPS) is 11.2. The Morgan fingerprint density at radius 2 is 1.86 bits per heavy atom. The van der Waals surface area contributed by atoms with Gasteiger partial charge in [0.15, 0.2) is 0 Å². The second kappa shape index (κ2) is 9.42. The zero-order chi connectivity index (χ0) is 16.4. The maximum atomic E-state index is 11.7. The SMILES string of the molecule is CCCCS(=O)(=O)NCCNC(=O)Cc1ccc(OC)cc1. The van der Waals surface area contributed by atoms with Gasteiger partial charge in [-0.3, -0.25) is 4.79 Å². The van der Waals surface area contributed by atoms with Gasteiger partial charge in [0.1, 0.15) is 5.75 Å². The van der Waals surface area contributed by atoms with Gasteiger partial charge in [0, 0.05) is 13.1 Å². The largest absolute Gasteiger partial charge is 0.497 e. The van der Waals surface area contributed by atoms with Crippen molar-refractivity contribution in [1.82, 2.24) is 10.0 Å². The van der Waals surface area contributed by atoms with Crippen molar-refractivity contribution in [3.05, 3.63) is 29.8 Å². The Balaban J connectivity index is 2.25. The summed E-state index contributed by atoms with van der Waals surface area (Å²) in [4.78, 5) is 11.7. The molecule has 0 aromatic heterocycles. The molecule has 1 amide bonds. The van der Waals surface area contributed by atoms with Crippen molar-refractivity contribution in [2.24, 2.45) is 0 Å². The molecule has 7 heteroatoms. The van der Waals surface area contributed by atoms with E-state index in [0.29, 0.717) is 6.42 Å². The molecule has 0 atom stereocenters. The highest BCUT2D eigenvalue weighted by Crippen LogP contribution is 2.11. The molecule has 1 aromatic rings. The number of nitrogens with one attached hydrogen (secondary N) is 2. The number of hydrogen-bond acceptors (Lipinski definition) is 4. The van der Waals surface area contributed by atoms with Crippen molar-refractivity contribution in [3.63, 3.8) is 0 Å². The number of rotatable bonds is 10. The predicted octanol–water partition coefficient (Wildman–Crippen LogP) is 1.07. The number of unbranched alkanes of at least 4 members (excludes halogenated alkanes) is 1. The lowest BCUT2D eigenvalue weighted by atomic mass is 10.1. The highest BCUT2D eigenvalue weighted by molar-refractivity contribution is 7.89. The van der Waals surface area contributed by atoms with Crippen LogP contribution in [0.1, 0.15) is 25.3 Å². The Kier molecular flexibility index (Phi) is 7.90. The molecule has 0 heterocycles. The molecule has 0 bridgehead atoms. The van der Waals surface area contributed by atoms with Crippen LogP contribution in [0.3, 0.4) is 0 Å². The molecular weight excluding hydrogens is 304 g/mol. The quantitative estimate of drug-likeness (QED) is 0.629. The van der Waals surface area contributed by atoms with Gasteiger partial charge >= 0.3 is 0 Å². The van der Waals surface area contributed by atoms with E-state index >= 15 is 0 Å². The molecule has 22 heavy (non-hydrogen) atoms. The average molecular weight is 328 g/mol. The lowest BCUT2D eigenvalue weighted by Gasteiger charge is -2.08. The van der Waals surface area contributed by atoms with Crippen LogP contribution in [-0.4, -0.2) is 40.3 Å². The van der Waals surface area contributed by atoms with E-state index in [4.69, 9.17) is 4.74 Å². The second-order valence-corrected chi connectivity index (χ2v) is 6.87. The van der Waals surface area contributed by atoms with E-state index in [9.17, 15) is 13.2 Å². The molecule has 6 nitrogen and oxygen atoms in total. The molecule has 0 aliphatic carbocycles. The Bertz CT molecular complexity index is 555. The first-order valence-electron chi connectivity index (χ1n) is 7.34. The standard InChI is InChI=1S/C15H24N2O4S/c1-3-4-11-22(19,20)17-10-9-16-15(18)12-13-5-7-14(21-2)8-6-13/h5-8,17H,3-4,9-12H2,1-2H3,(H,16,18). The number of carbonyl (C=O) groups is 1. The van der Waals surface area contributed by atoms with Gasteiger partial charge in [0.2, 0.25) is 15.9 Å². The Morgan fingerprint density at radius 3 is 2.45 bits per heavy atom. The Labute approximate surface area is 132 Å². The van der Waals surface area contributed by atoms with Crippen molar-refractivity contribution >= 4 is 15.9 Å². The van der Waals surface area contributed by atoms with Gasteiger partial charge in [-0.25, -0.2) is 13.1 Å². The minimum atomic E-state index is -3.22. The van der Waals surface area contributed by atoms with Gasteiger partial charge in [-0.2, -0.15) is 0 Å². The van der Waals surface area contributed by atoms with Crippen molar-refractivity contribution in [1.29, 1.82) is 0 Å². The third-order valence-corrected chi connectivity index (χ3v) is 4.53. The van der Waals surface area contributed by atoms with Crippen molar-refractivity contribution in [3.8, 4) is 5.75 Å². The van der Waals surface area contributed by atoms with Gasteiger partial charge in [-0.1, -0.05) is 25.5 Å². The minimum Gasteiger partial charge on any atom is -0.497 e. The maximum absolute atomic E-state index is 11.7. The number of amides is 1. The average Bonchev–Trinajstić information content (AvgIpc) is 2.50. The number of carbonyl (C=O) groups excluding carboxylic acids is 1. The first-order valence-corrected chi connectivity index (χ1v) is 8.99. The maximum Gasteiger partial charge on any atom is 0.224 e. The molecule has 0 unspecified atom stereocenters. The Hall–Kier alpha value is -1.60. The summed E-state index contributed by atoms with van der Waals surface area (Å²) in [5.41, 5.74) is 0.877.